The number of hydrogen-bond acceptors (Lipinski definition) is 6. The van der Waals surface area contributed by atoms with Gasteiger partial charge in [-0.3, -0.25) is 4.79 Å². The van der Waals surface area contributed by atoms with Crippen LogP contribution in [-0.4, -0.2) is 31.0 Å². The molecule has 0 aliphatic carbocycles. The maximum atomic E-state index is 13.7. The van der Waals surface area contributed by atoms with Crippen LogP contribution in [0.2, 0.25) is 0 Å². The van der Waals surface area contributed by atoms with Gasteiger partial charge in [0.1, 0.15) is 24.2 Å². The van der Waals surface area contributed by atoms with Crippen molar-refractivity contribution in [3.05, 3.63) is 59.3 Å². The van der Waals surface area contributed by atoms with E-state index in [1.807, 2.05) is 0 Å². The van der Waals surface area contributed by atoms with E-state index in [-0.39, 0.29) is 29.6 Å². The number of furan rings is 1. The zero-order valence-electron chi connectivity index (χ0n) is 15.2. The summed E-state index contributed by atoms with van der Waals surface area (Å²) in [5.41, 5.74) is -0.162. The van der Waals surface area contributed by atoms with E-state index in [1.54, 1.807) is 13.8 Å². The zero-order valence-corrected chi connectivity index (χ0v) is 15.2. The van der Waals surface area contributed by atoms with E-state index < -0.39 is 29.7 Å². The molecular formula is C19H20FNO6. The van der Waals surface area contributed by atoms with Gasteiger partial charge < -0.3 is 19.2 Å². The fourth-order valence-corrected chi connectivity index (χ4v) is 2.26. The van der Waals surface area contributed by atoms with Gasteiger partial charge in [-0.25, -0.2) is 14.0 Å². The number of methoxy groups -OCH3 is 1. The Balaban J connectivity index is 2.00. The van der Waals surface area contributed by atoms with Crippen LogP contribution in [0.25, 0.3) is 0 Å². The molecule has 0 bridgehead atoms. The number of nitrogens with one attached hydrogen (secondary N) is 1. The highest BCUT2D eigenvalue weighted by Crippen LogP contribution is 2.13. The Hall–Kier alpha value is -3.16. The SMILES string of the molecule is COC(=O)c1ccc(COC(=O)C(NC(=O)c2ccccc2F)C(C)C)o1. The van der Waals surface area contributed by atoms with E-state index in [2.05, 4.69) is 10.1 Å². The monoisotopic (exact) mass is 377 g/mol. The van der Waals surface area contributed by atoms with Crippen LogP contribution in [-0.2, 0) is 20.9 Å². The number of benzene rings is 1. The Kier molecular flexibility index (Phi) is 6.70. The smallest absolute Gasteiger partial charge is 0.373 e. The number of carbonyl (C=O) groups is 3. The van der Waals surface area contributed by atoms with Gasteiger partial charge in [0.15, 0.2) is 0 Å². The molecule has 27 heavy (non-hydrogen) atoms. The number of halogens is 1. The minimum Gasteiger partial charge on any atom is -0.463 e. The number of rotatable bonds is 7. The van der Waals surface area contributed by atoms with Crippen molar-refractivity contribution < 1.29 is 32.7 Å². The Morgan fingerprint density at radius 3 is 2.48 bits per heavy atom. The third-order valence-corrected chi connectivity index (χ3v) is 3.73. The molecule has 1 aromatic heterocycles. The van der Waals surface area contributed by atoms with Crippen LogP contribution in [0, 0.1) is 11.7 Å². The van der Waals surface area contributed by atoms with Crippen molar-refractivity contribution in [1.82, 2.24) is 5.32 Å². The first-order valence-electron chi connectivity index (χ1n) is 8.22. The number of carbonyl (C=O) groups excluding carboxylic acids is 3. The highest BCUT2D eigenvalue weighted by atomic mass is 19.1. The highest BCUT2D eigenvalue weighted by Gasteiger charge is 2.27. The molecule has 7 nitrogen and oxygen atoms in total. The molecule has 0 saturated carbocycles. The van der Waals surface area contributed by atoms with E-state index in [0.29, 0.717) is 0 Å². The van der Waals surface area contributed by atoms with E-state index in [4.69, 9.17) is 9.15 Å². The van der Waals surface area contributed by atoms with Gasteiger partial charge in [0, 0.05) is 0 Å². The molecular weight excluding hydrogens is 357 g/mol. The van der Waals surface area contributed by atoms with Crippen molar-refractivity contribution in [1.29, 1.82) is 0 Å². The zero-order chi connectivity index (χ0) is 20.0. The molecule has 8 heteroatoms. The molecule has 0 fully saturated rings. The average molecular weight is 377 g/mol. The predicted octanol–water partition coefficient (Wildman–Crippen LogP) is 2.70. The van der Waals surface area contributed by atoms with E-state index in [1.165, 1.54) is 37.4 Å². The van der Waals surface area contributed by atoms with Gasteiger partial charge in [-0.1, -0.05) is 26.0 Å². The molecule has 1 atom stereocenters. The van der Waals surface area contributed by atoms with Gasteiger partial charge in [0.2, 0.25) is 5.76 Å². The van der Waals surface area contributed by atoms with Gasteiger partial charge in [0.05, 0.1) is 12.7 Å². The maximum Gasteiger partial charge on any atom is 0.373 e. The summed E-state index contributed by atoms with van der Waals surface area (Å²) in [5, 5.41) is 2.48. The van der Waals surface area contributed by atoms with Crippen molar-refractivity contribution in [3.63, 3.8) is 0 Å². The molecule has 1 N–H and O–H groups in total. The van der Waals surface area contributed by atoms with Crippen LogP contribution >= 0.6 is 0 Å². The lowest BCUT2D eigenvalue weighted by atomic mass is 10.0. The normalized spacial score (nSPS) is 11.7. The molecule has 0 aliphatic heterocycles. The fourth-order valence-electron chi connectivity index (χ4n) is 2.26. The first-order valence-corrected chi connectivity index (χ1v) is 8.22. The summed E-state index contributed by atoms with van der Waals surface area (Å²) in [7, 11) is 1.22. The van der Waals surface area contributed by atoms with E-state index in [0.717, 1.165) is 6.07 Å². The van der Waals surface area contributed by atoms with E-state index in [9.17, 15) is 18.8 Å². The lowest BCUT2D eigenvalue weighted by Crippen LogP contribution is -2.45. The number of amides is 1. The first-order chi connectivity index (χ1) is 12.8. The number of hydrogen-bond donors (Lipinski definition) is 1. The predicted molar refractivity (Wildman–Crippen MR) is 92.3 cm³/mol. The standard InChI is InChI=1S/C19H20FNO6/c1-11(2)16(21-17(22)13-6-4-5-7-14(13)20)19(24)26-10-12-8-9-15(27-12)18(23)25-3/h4-9,11,16H,10H2,1-3H3,(H,21,22). The van der Waals surface area contributed by atoms with E-state index >= 15 is 0 Å². The molecule has 2 rings (SSSR count). The summed E-state index contributed by atoms with van der Waals surface area (Å²) in [6.45, 7) is 3.21. The van der Waals surface area contributed by atoms with Gasteiger partial charge >= 0.3 is 11.9 Å². The Bertz CT molecular complexity index is 829. The molecule has 1 amide bonds. The minimum atomic E-state index is -0.979. The third-order valence-electron chi connectivity index (χ3n) is 3.73. The summed E-state index contributed by atoms with van der Waals surface area (Å²) in [5.74, 6) is -2.82. The second kappa shape index (κ2) is 8.98. The largest absolute Gasteiger partial charge is 0.463 e. The van der Waals surface area contributed by atoms with Crippen LogP contribution < -0.4 is 5.32 Å². The number of esters is 2. The van der Waals surface area contributed by atoms with Crippen molar-refractivity contribution in [2.75, 3.05) is 7.11 Å². The molecule has 2 aromatic rings. The third kappa shape index (κ3) is 5.16. The van der Waals surface area contributed by atoms with Gasteiger partial charge in [0.25, 0.3) is 5.91 Å². The van der Waals surface area contributed by atoms with Crippen molar-refractivity contribution in [2.45, 2.75) is 26.5 Å². The Morgan fingerprint density at radius 2 is 1.85 bits per heavy atom. The van der Waals surface area contributed by atoms with Crippen LogP contribution in [0.3, 0.4) is 0 Å². The van der Waals surface area contributed by atoms with Crippen LogP contribution in [0.5, 0.6) is 0 Å². The molecule has 1 aromatic carbocycles. The fraction of sp³-hybridized carbons (Fsp3) is 0.316. The van der Waals surface area contributed by atoms with Crippen LogP contribution in [0.15, 0.2) is 40.8 Å². The quantitative estimate of drug-likeness (QED) is 0.746. The molecule has 0 spiro atoms. The van der Waals surface area contributed by atoms with Gasteiger partial charge in [-0.05, 0) is 30.2 Å². The number of ether oxygens (including phenoxy) is 2. The van der Waals surface area contributed by atoms with Crippen molar-refractivity contribution in [3.8, 4) is 0 Å². The summed E-state index contributed by atoms with van der Waals surface area (Å²) in [6.07, 6.45) is 0. The highest BCUT2D eigenvalue weighted by molar-refractivity contribution is 5.97. The molecule has 144 valence electrons. The molecule has 0 radical (unpaired) electrons. The second-order valence-electron chi connectivity index (χ2n) is 6.04. The maximum absolute atomic E-state index is 13.7. The lowest BCUT2D eigenvalue weighted by Gasteiger charge is -2.20. The molecule has 1 heterocycles. The minimum absolute atomic E-state index is 0.0168. The lowest BCUT2D eigenvalue weighted by molar-refractivity contribution is -0.149. The van der Waals surface area contributed by atoms with Gasteiger partial charge in [-0.15, -0.1) is 0 Å². The topological polar surface area (TPSA) is 94.8 Å². The average Bonchev–Trinajstić information content (AvgIpc) is 3.12. The second-order valence-corrected chi connectivity index (χ2v) is 6.04. The summed E-state index contributed by atoms with van der Waals surface area (Å²) >= 11 is 0. The van der Waals surface area contributed by atoms with Gasteiger partial charge in [-0.2, -0.15) is 0 Å². The molecule has 0 aliphatic rings. The van der Waals surface area contributed by atoms with Crippen LogP contribution in [0.4, 0.5) is 4.39 Å². The summed E-state index contributed by atoms with van der Waals surface area (Å²) < 4.78 is 28.6. The molecule has 0 saturated heterocycles. The Morgan fingerprint density at radius 1 is 1.15 bits per heavy atom. The molecule has 1 unspecified atom stereocenters. The summed E-state index contributed by atoms with van der Waals surface area (Å²) in [4.78, 5) is 35.9. The van der Waals surface area contributed by atoms with Crippen molar-refractivity contribution >= 4 is 17.8 Å². The Labute approximate surface area is 155 Å². The first kappa shape index (κ1) is 20.2. The summed E-state index contributed by atoms with van der Waals surface area (Å²) in [6, 6.07) is 7.37. The van der Waals surface area contributed by atoms with Crippen LogP contribution in [0.1, 0.15) is 40.5 Å². The van der Waals surface area contributed by atoms with Crippen molar-refractivity contribution in [2.24, 2.45) is 5.92 Å².